The maximum Gasteiger partial charge on any atom is 0.416 e. The first-order valence-corrected chi connectivity index (χ1v) is 7.18. The Kier molecular flexibility index (Phi) is 5.02. The molecule has 1 aromatic carbocycles. The van der Waals surface area contributed by atoms with Gasteiger partial charge in [-0.3, -0.25) is 4.79 Å². The van der Waals surface area contributed by atoms with E-state index in [4.69, 9.17) is 4.74 Å². The summed E-state index contributed by atoms with van der Waals surface area (Å²) in [5.74, 6) is -0.252. The van der Waals surface area contributed by atoms with Gasteiger partial charge in [-0.05, 0) is 38.1 Å². The molecule has 0 aliphatic rings. The highest BCUT2D eigenvalue weighted by atomic mass is 19.4. The lowest BCUT2D eigenvalue weighted by atomic mass is 9.96. The number of carbonyl (C=O) groups excluding carboxylic acids is 1. The van der Waals surface area contributed by atoms with Crippen LogP contribution < -0.4 is 10.1 Å². The Morgan fingerprint density at radius 3 is 2.40 bits per heavy atom. The normalized spacial score (nSPS) is 13.4. The van der Waals surface area contributed by atoms with Crippen LogP contribution in [-0.2, 0) is 0 Å². The van der Waals surface area contributed by atoms with Gasteiger partial charge >= 0.3 is 6.18 Å². The molecule has 1 aromatic heterocycles. The number of halogens is 3. The predicted molar refractivity (Wildman–Crippen MR) is 81.5 cm³/mol. The van der Waals surface area contributed by atoms with Crippen molar-refractivity contribution in [2.75, 3.05) is 7.11 Å². The van der Waals surface area contributed by atoms with E-state index >= 15 is 0 Å². The zero-order valence-corrected chi connectivity index (χ0v) is 13.7. The first kappa shape index (κ1) is 18.7. The maximum atomic E-state index is 12.6. The Morgan fingerprint density at radius 1 is 1.28 bits per heavy atom. The van der Waals surface area contributed by atoms with E-state index in [0.717, 1.165) is 13.8 Å². The molecular formula is C15H17F3N4O3. The monoisotopic (exact) mass is 358 g/mol. The highest BCUT2D eigenvalue weighted by Crippen LogP contribution is 2.28. The average molecular weight is 358 g/mol. The summed E-state index contributed by atoms with van der Waals surface area (Å²) >= 11 is 0. The van der Waals surface area contributed by atoms with Gasteiger partial charge in [0.15, 0.2) is 11.8 Å². The minimum absolute atomic E-state index is 0.182. The number of hydrogen-bond donors (Lipinski definition) is 2. The molecule has 1 unspecified atom stereocenters. The van der Waals surface area contributed by atoms with E-state index in [-0.39, 0.29) is 5.69 Å². The average Bonchev–Trinajstić information content (AvgIpc) is 3.03. The van der Waals surface area contributed by atoms with Crippen LogP contribution in [0.15, 0.2) is 30.5 Å². The van der Waals surface area contributed by atoms with Crippen molar-refractivity contribution >= 4 is 5.91 Å². The van der Waals surface area contributed by atoms with Crippen LogP contribution >= 0.6 is 0 Å². The third-order valence-corrected chi connectivity index (χ3v) is 3.49. The fourth-order valence-electron chi connectivity index (χ4n) is 2.06. The number of methoxy groups -OCH3 is 1. The molecule has 2 N–H and O–H groups in total. The Balaban J connectivity index is 2.14. The topological polar surface area (TPSA) is 89.3 Å². The number of benzene rings is 1. The molecule has 1 amide bonds. The zero-order chi connectivity index (χ0) is 18.8. The van der Waals surface area contributed by atoms with Crippen LogP contribution in [0.2, 0.25) is 0 Å². The third kappa shape index (κ3) is 4.27. The molecule has 0 spiro atoms. The minimum atomic E-state index is -4.86. The molecule has 136 valence electrons. The number of carbonyl (C=O) groups is 1. The summed E-state index contributed by atoms with van der Waals surface area (Å²) in [5, 5.41) is 18.9. The summed E-state index contributed by atoms with van der Waals surface area (Å²) in [6.45, 7) is 2.13. The highest BCUT2D eigenvalue weighted by molar-refractivity contribution is 5.92. The van der Waals surface area contributed by atoms with Crippen molar-refractivity contribution in [3.8, 4) is 11.4 Å². The Labute approximate surface area is 141 Å². The predicted octanol–water partition coefficient (Wildman–Crippen LogP) is 1.71. The Hall–Kier alpha value is -2.62. The molecule has 0 bridgehead atoms. The van der Waals surface area contributed by atoms with E-state index in [1.165, 1.54) is 18.0 Å². The summed E-state index contributed by atoms with van der Waals surface area (Å²) in [7, 11) is 1.52. The van der Waals surface area contributed by atoms with Crippen molar-refractivity contribution in [1.29, 1.82) is 0 Å². The second kappa shape index (κ2) is 6.71. The van der Waals surface area contributed by atoms with Crippen LogP contribution in [0.1, 0.15) is 24.3 Å². The van der Waals surface area contributed by atoms with E-state index in [2.05, 4.69) is 15.6 Å². The lowest BCUT2D eigenvalue weighted by molar-refractivity contribution is -0.222. The van der Waals surface area contributed by atoms with Crippen molar-refractivity contribution in [1.82, 2.24) is 20.3 Å². The van der Waals surface area contributed by atoms with Crippen LogP contribution in [0.4, 0.5) is 13.2 Å². The van der Waals surface area contributed by atoms with Crippen LogP contribution in [0.5, 0.6) is 5.75 Å². The first-order valence-electron chi connectivity index (χ1n) is 7.18. The summed E-state index contributed by atoms with van der Waals surface area (Å²) < 4.78 is 44.2. The molecule has 10 heteroatoms. The number of amides is 1. The quantitative estimate of drug-likeness (QED) is 0.849. The number of aliphatic hydroxyl groups excluding tert-OH is 1. The van der Waals surface area contributed by atoms with Gasteiger partial charge in [0.2, 0.25) is 0 Å². The number of hydrogen-bond acceptors (Lipinski definition) is 5. The maximum absolute atomic E-state index is 12.6. The number of ether oxygens (including phenoxy) is 1. The van der Waals surface area contributed by atoms with E-state index in [9.17, 15) is 23.1 Å². The molecule has 1 heterocycles. The fraction of sp³-hybridized carbons (Fsp3) is 0.400. The van der Waals surface area contributed by atoms with Crippen LogP contribution in [0.25, 0.3) is 5.69 Å². The van der Waals surface area contributed by atoms with E-state index in [1.807, 2.05) is 0 Å². The molecule has 25 heavy (non-hydrogen) atoms. The number of nitrogens with zero attached hydrogens (tertiary/aromatic N) is 3. The summed E-state index contributed by atoms with van der Waals surface area (Å²) in [5.41, 5.74) is -1.53. The molecule has 2 rings (SSSR count). The number of aromatic nitrogens is 3. The van der Waals surface area contributed by atoms with Gasteiger partial charge in [-0.15, -0.1) is 5.10 Å². The van der Waals surface area contributed by atoms with Crippen molar-refractivity contribution in [3.05, 3.63) is 36.2 Å². The van der Waals surface area contributed by atoms with E-state index < -0.39 is 23.7 Å². The van der Waals surface area contributed by atoms with Gasteiger partial charge in [-0.1, -0.05) is 5.21 Å². The van der Waals surface area contributed by atoms with Gasteiger partial charge in [-0.25, -0.2) is 4.68 Å². The first-order chi connectivity index (χ1) is 11.5. The highest BCUT2D eigenvalue weighted by Gasteiger charge is 2.48. The van der Waals surface area contributed by atoms with Gasteiger partial charge in [-0.2, -0.15) is 13.2 Å². The molecule has 7 nitrogen and oxygen atoms in total. The number of rotatable bonds is 5. The standard InChI is InChI=1S/C15H17F3N4O3/c1-14(2,13(24)15(16,17)18)19-12(23)11-8-22(21-20-11)9-4-6-10(25-3)7-5-9/h4-8,13,24H,1-3H3,(H,19,23). The molecule has 0 saturated heterocycles. The molecule has 0 fully saturated rings. The second-order valence-electron chi connectivity index (χ2n) is 5.87. The molecule has 0 aliphatic heterocycles. The van der Waals surface area contributed by atoms with Crippen LogP contribution in [-0.4, -0.2) is 50.9 Å². The van der Waals surface area contributed by atoms with Crippen molar-refractivity contribution in [2.24, 2.45) is 0 Å². The number of nitrogens with one attached hydrogen (secondary N) is 1. The largest absolute Gasteiger partial charge is 0.497 e. The zero-order valence-electron chi connectivity index (χ0n) is 13.7. The van der Waals surface area contributed by atoms with Gasteiger partial charge in [0.25, 0.3) is 5.91 Å². The van der Waals surface area contributed by atoms with E-state index in [0.29, 0.717) is 11.4 Å². The Bertz CT molecular complexity index is 741. The summed E-state index contributed by atoms with van der Waals surface area (Å²) in [4.78, 5) is 12.1. The minimum Gasteiger partial charge on any atom is -0.497 e. The number of aliphatic hydroxyl groups is 1. The number of alkyl halides is 3. The second-order valence-corrected chi connectivity index (χ2v) is 5.87. The molecule has 0 radical (unpaired) electrons. The van der Waals surface area contributed by atoms with Crippen molar-refractivity contribution in [2.45, 2.75) is 31.7 Å². The van der Waals surface area contributed by atoms with Gasteiger partial charge < -0.3 is 15.2 Å². The molecule has 0 aliphatic carbocycles. The molecule has 1 atom stereocenters. The van der Waals surface area contributed by atoms with Crippen LogP contribution in [0, 0.1) is 0 Å². The van der Waals surface area contributed by atoms with E-state index in [1.54, 1.807) is 24.3 Å². The van der Waals surface area contributed by atoms with Gasteiger partial charge in [0, 0.05) is 0 Å². The van der Waals surface area contributed by atoms with Gasteiger partial charge in [0.05, 0.1) is 24.5 Å². The Morgan fingerprint density at radius 2 is 1.88 bits per heavy atom. The fourth-order valence-corrected chi connectivity index (χ4v) is 2.06. The molecule has 2 aromatic rings. The van der Waals surface area contributed by atoms with Gasteiger partial charge in [0.1, 0.15) is 5.75 Å². The van der Waals surface area contributed by atoms with Crippen molar-refractivity contribution < 1.29 is 27.8 Å². The summed E-state index contributed by atoms with van der Waals surface area (Å²) in [6, 6.07) is 6.71. The van der Waals surface area contributed by atoms with Crippen molar-refractivity contribution in [3.63, 3.8) is 0 Å². The van der Waals surface area contributed by atoms with Crippen LogP contribution in [0.3, 0.4) is 0 Å². The molecular weight excluding hydrogens is 341 g/mol. The lowest BCUT2D eigenvalue weighted by Gasteiger charge is -2.32. The lowest BCUT2D eigenvalue weighted by Crippen LogP contribution is -2.57. The smallest absolute Gasteiger partial charge is 0.416 e. The summed E-state index contributed by atoms with van der Waals surface area (Å²) in [6.07, 6.45) is -6.31. The molecule has 0 saturated carbocycles. The third-order valence-electron chi connectivity index (χ3n) is 3.49. The SMILES string of the molecule is COc1ccc(-n2cc(C(=O)NC(C)(C)C(O)C(F)(F)F)nn2)cc1.